The Balaban J connectivity index is 0.000000102. The van der Waals surface area contributed by atoms with E-state index in [4.69, 9.17) is 91.8 Å². The summed E-state index contributed by atoms with van der Waals surface area (Å²) in [4.78, 5) is 35.6. The Hall–Kier alpha value is -7.08. The number of fused-ring (bicyclic) bond motifs is 12. The van der Waals surface area contributed by atoms with Gasteiger partial charge in [0.25, 0.3) is 24.1 Å². The smallest absolute Gasteiger partial charge is 0.283 e. The zero-order chi connectivity index (χ0) is 79.7. The third kappa shape index (κ3) is 10.4. The van der Waals surface area contributed by atoms with Crippen LogP contribution in [0.25, 0.3) is 22.3 Å². The molecule has 0 amide bonds. The van der Waals surface area contributed by atoms with E-state index in [2.05, 4.69) is 88.2 Å². The van der Waals surface area contributed by atoms with Crippen LogP contribution < -0.4 is 22.9 Å². The third-order valence-electron chi connectivity index (χ3n) is 29.0. The summed E-state index contributed by atoms with van der Waals surface area (Å²) in [5.74, 6) is 0. The number of nitrogens with zero attached hydrogens (tertiary/aromatic N) is 8. The maximum absolute atomic E-state index is 8.97. The van der Waals surface area contributed by atoms with Crippen LogP contribution in [-0.2, 0) is 85.7 Å². The van der Waals surface area contributed by atoms with Gasteiger partial charge in [0, 0.05) is 95.0 Å². The SMILES string of the molecule is [2H]C1([2H])OC(N)=NC12c1cc(-c3cncnc3)ccc1C[C@@]21CC[C@H](OC)C2(CC2)C1.[2H]C1([2H])OC(N)=NC12c1cc(-c3cncnc3)ccc1C[C@]21CC[C@@H](OC)C2(CC2)C1.[2H]C1([2H])OC(N)=NC12c1cc(Br)ccc1C[C@@]21CC[C@H](OC)C2(CC2)C1.[2H]C1([2H])OC(N)=NC12c1cc(Br)ccc1C[C@]21CC[C@@H](OC)C2(CC2)C1. The van der Waals surface area contributed by atoms with E-state index >= 15 is 0 Å². The second-order valence-electron chi connectivity index (χ2n) is 34.1. The minimum absolute atomic E-state index is 0.0408. The van der Waals surface area contributed by atoms with E-state index in [1.807, 2.05) is 36.4 Å². The first kappa shape index (κ1) is 60.8. The number of aromatic nitrogens is 4. The van der Waals surface area contributed by atoms with E-state index in [-0.39, 0.29) is 81.0 Å². The van der Waals surface area contributed by atoms with Gasteiger partial charge in [-0.1, -0.05) is 68.3 Å². The fourth-order valence-corrected chi connectivity index (χ4v) is 24.3. The fraction of sp³-hybridized carbons (Fsp3) is 0.571. The summed E-state index contributed by atoms with van der Waals surface area (Å²) in [6.07, 6.45) is 33.9. The molecule has 4 aromatic carbocycles. The number of nitrogens with two attached hydrogens (primary N) is 4. The zero-order valence-corrected chi connectivity index (χ0v) is 63.8. The van der Waals surface area contributed by atoms with E-state index in [0.29, 0.717) is 0 Å². The number of amidine groups is 4. The third-order valence-corrected chi connectivity index (χ3v) is 29.9. The van der Waals surface area contributed by atoms with Crippen molar-refractivity contribution < 1.29 is 48.9 Å². The average Bonchev–Trinajstić information content (AvgIpc) is 1.52. The molecule has 20 nitrogen and oxygen atoms in total. The highest BCUT2D eigenvalue weighted by atomic mass is 79.9. The molecular weight excluding hydrogens is 1460 g/mol. The summed E-state index contributed by atoms with van der Waals surface area (Å²) in [6, 6.07) is 24.5. The van der Waals surface area contributed by atoms with Gasteiger partial charge < -0.3 is 60.8 Å². The second-order valence-corrected chi connectivity index (χ2v) is 35.9. The number of aliphatic imine (C=N–C) groups is 4. The van der Waals surface area contributed by atoms with Crippen LogP contribution in [0, 0.1) is 43.3 Å². The summed E-state index contributed by atoms with van der Waals surface area (Å²) in [5, 5.41) is 0. The largest absolute Gasteiger partial charge is 0.462 e. The van der Waals surface area contributed by atoms with Gasteiger partial charge >= 0.3 is 0 Å². The highest BCUT2D eigenvalue weighted by Crippen LogP contribution is 2.75. The van der Waals surface area contributed by atoms with Crippen molar-refractivity contribution in [1.29, 1.82) is 0 Å². The van der Waals surface area contributed by atoms with Crippen molar-refractivity contribution >= 4 is 55.9 Å². The first-order chi connectivity index (χ1) is 54.2. The predicted octanol–water partition coefficient (Wildman–Crippen LogP) is 13.4. The highest BCUT2D eigenvalue weighted by molar-refractivity contribution is 9.10. The van der Waals surface area contributed by atoms with Crippen LogP contribution in [0.2, 0.25) is 0 Å². The first-order valence-electron chi connectivity index (χ1n) is 41.9. The van der Waals surface area contributed by atoms with Crippen molar-refractivity contribution in [2.24, 2.45) is 86.2 Å². The molecule has 556 valence electrons. The fourth-order valence-electron chi connectivity index (χ4n) is 23.6. The molecule has 8 fully saturated rings. The molecule has 106 heavy (non-hydrogen) atoms. The number of hydrogen-bond donors (Lipinski definition) is 4. The van der Waals surface area contributed by atoms with E-state index in [1.54, 1.807) is 53.2 Å². The highest BCUT2D eigenvalue weighted by Gasteiger charge is 2.72. The number of rotatable bonds is 6. The van der Waals surface area contributed by atoms with Gasteiger partial charge in [-0.15, -0.1) is 0 Å². The number of hydrogen-bond acceptors (Lipinski definition) is 20. The van der Waals surface area contributed by atoms with Gasteiger partial charge in [-0.05, 0) is 268 Å². The van der Waals surface area contributed by atoms with Crippen molar-refractivity contribution in [2.75, 3.05) is 54.7 Å². The van der Waals surface area contributed by atoms with Gasteiger partial charge in [-0.2, -0.15) is 0 Å². The molecule has 22 heteroatoms. The maximum atomic E-state index is 8.97. The molecule has 0 radical (unpaired) electrons. The van der Waals surface area contributed by atoms with Crippen LogP contribution in [0.15, 0.2) is 139 Å². The topological polar surface area (TPSA) is 279 Å². The zero-order valence-electron chi connectivity index (χ0n) is 68.6. The summed E-state index contributed by atoms with van der Waals surface area (Å²) in [6.45, 7) is -7.97. The van der Waals surface area contributed by atoms with E-state index in [0.717, 1.165) is 230 Å². The molecule has 22 rings (SSSR count). The summed E-state index contributed by atoms with van der Waals surface area (Å²) < 4.78 is 118. The Morgan fingerprint density at radius 2 is 0.613 bits per heavy atom. The van der Waals surface area contributed by atoms with Crippen LogP contribution in [-0.4, -0.2) is 123 Å². The molecule has 8 N–H and O–H groups in total. The lowest BCUT2D eigenvalue weighted by Gasteiger charge is -2.49. The van der Waals surface area contributed by atoms with Crippen LogP contribution >= 0.6 is 31.9 Å². The Morgan fingerprint density at radius 1 is 0.358 bits per heavy atom. The Labute approximate surface area is 648 Å². The number of ether oxygens (including phenoxy) is 8. The van der Waals surface area contributed by atoms with E-state index in [1.165, 1.54) is 12.7 Å². The summed E-state index contributed by atoms with van der Waals surface area (Å²) in [5.41, 5.74) is 30.4. The molecule has 8 saturated carbocycles. The second kappa shape index (κ2) is 24.7. The normalized spacial score (nSPS) is 38.8. The first-order valence-corrected chi connectivity index (χ1v) is 39.5. The van der Waals surface area contributed by atoms with Gasteiger partial charge in [0.1, 0.15) is 61.0 Å². The van der Waals surface area contributed by atoms with Crippen LogP contribution in [0.1, 0.15) is 184 Å². The van der Waals surface area contributed by atoms with Crippen LogP contribution in [0.5, 0.6) is 0 Å². The van der Waals surface area contributed by atoms with Crippen molar-refractivity contribution in [3.63, 3.8) is 0 Å². The van der Waals surface area contributed by atoms with Gasteiger partial charge in [0.15, 0.2) is 0 Å². The van der Waals surface area contributed by atoms with Gasteiger partial charge in [0.2, 0.25) is 0 Å². The molecular formula is C84H98Br2N12O8. The lowest BCUT2D eigenvalue weighted by Crippen LogP contribution is -2.50. The van der Waals surface area contributed by atoms with Crippen molar-refractivity contribution in [3.8, 4) is 22.3 Å². The Bertz CT molecular complexity index is 4750. The van der Waals surface area contributed by atoms with E-state index < -0.39 is 59.2 Å². The summed E-state index contributed by atoms with van der Waals surface area (Å²) >= 11 is 7.11. The molecule has 6 heterocycles. The monoisotopic (exact) mass is 1570 g/mol. The molecule has 16 aliphatic rings. The standard InChI is InChI=1S/2C23H26N4O2.2C19H23BrN2O2/c2*1-28-19-4-5-22(12-21(19)6-7-21)9-16-3-2-15(17-10-25-14-26-11-17)8-18(16)23(22)13-29-20(24)27-23;2*1-23-15-4-5-18(10-17(15)6-7-17)9-12-2-3-13(20)8-14(12)19(18)11-24-16(21)22-19/h2*2-3,8,10-11,14,19H,4-7,9,12-13H2,1H3,(H2,24,27);2*2-3,8,15H,4-7,9-11H2,1H3,(H2,21,22)/t2*19-,22+,23?;2*15-,18+,19?/m1010/s1/i2*13D2;2*11D2. The molecule has 0 bridgehead atoms. The lowest BCUT2D eigenvalue weighted by molar-refractivity contribution is -0.0622. The molecule has 12 spiro atoms. The van der Waals surface area contributed by atoms with Crippen molar-refractivity contribution in [3.05, 3.63) is 164 Å². The van der Waals surface area contributed by atoms with Crippen molar-refractivity contribution in [1.82, 2.24) is 19.9 Å². The molecule has 12 atom stereocenters. The number of halogens is 2. The molecule has 12 aliphatic carbocycles. The minimum Gasteiger partial charge on any atom is -0.462 e. The van der Waals surface area contributed by atoms with Gasteiger partial charge in [-0.25, -0.2) is 39.9 Å². The van der Waals surface area contributed by atoms with Gasteiger partial charge in [-0.3, -0.25) is 0 Å². The number of benzene rings is 4. The quantitative estimate of drug-likeness (QED) is 0.121. The van der Waals surface area contributed by atoms with E-state index in [9.17, 15) is 0 Å². The molecule has 0 saturated heterocycles. The summed E-state index contributed by atoms with van der Waals surface area (Å²) in [7, 11) is 7.19. The molecule has 2 aromatic heterocycles. The molecule has 4 aliphatic heterocycles. The van der Waals surface area contributed by atoms with Gasteiger partial charge in [0.05, 0.1) is 35.4 Å². The average molecular weight is 1570 g/mol. The molecule has 6 aromatic rings. The molecule has 4 unspecified atom stereocenters. The van der Waals surface area contributed by atoms with Crippen LogP contribution in [0.3, 0.4) is 0 Å². The Morgan fingerprint density at radius 3 is 0.849 bits per heavy atom. The lowest BCUT2D eigenvalue weighted by atomic mass is 9.58. The van der Waals surface area contributed by atoms with Crippen molar-refractivity contribution in [2.45, 2.75) is 201 Å². The Kier molecular flexibility index (Phi) is 14.2. The van der Waals surface area contributed by atoms with Crippen LogP contribution in [0.4, 0.5) is 0 Å². The number of methoxy groups -OCH3 is 4. The minimum atomic E-state index is -2.02. The maximum Gasteiger partial charge on any atom is 0.283 e. The predicted molar refractivity (Wildman–Crippen MR) is 410 cm³/mol.